The monoisotopic (exact) mass is 480 g/mol. The first-order valence-corrected chi connectivity index (χ1v) is 11.4. The van der Waals surface area contributed by atoms with Gasteiger partial charge in [0, 0.05) is 63.0 Å². The fourth-order valence-electron chi connectivity index (χ4n) is 4.79. The van der Waals surface area contributed by atoms with E-state index in [1.807, 2.05) is 48.5 Å². The first kappa shape index (κ1) is 21.8. The summed E-state index contributed by atoms with van der Waals surface area (Å²) in [6.07, 6.45) is 3.58. The number of nitrogens with one attached hydrogen (secondary N) is 2. The molecule has 8 heteroatoms. The van der Waals surface area contributed by atoms with Crippen LogP contribution in [0.25, 0.3) is 55.4 Å². The van der Waals surface area contributed by atoms with Crippen LogP contribution >= 0.6 is 0 Å². The predicted octanol–water partition coefficient (Wildman–Crippen LogP) is 6.70. The Labute approximate surface area is 210 Å². The molecule has 2 N–H and O–H groups in total. The first-order valence-electron chi connectivity index (χ1n) is 11.4. The molecule has 0 amide bonds. The zero-order valence-electron chi connectivity index (χ0n) is 19.2. The highest BCUT2D eigenvalue weighted by molar-refractivity contribution is 6.02. The SMILES string of the molecule is N#Cc1c(-c2c[nH]c3ccccc23)nc(-c2c[nH]c3ccccc23)c(C#N)c1-c1cccc([N+](=O)[O-])c1. The van der Waals surface area contributed by atoms with Gasteiger partial charge in [-0.2, -0.15) is 10.5 Å². The number of aromatic nitrogens is 3. The Morgan fingerprint density at radius 1 is 0.757 bits per heavy atom. The summed E-state index contributed by atoms with van der Waals surface area (Å²) in [5, 5.41) is 34.0. The summed E-state index contributed by atoms with van der Waals surface area (Å²) < 4.78 is 0. The van der Waals surface area contributed by atoms with E-state index in [2.05, 4.69) is 22.1 Å². The van der Waals surface area contributed by atoms with Crippen molar-refractivity contribution in [3.05, 3.63) is 106 Å². The van der Waals surface area contributed by atoms with Crippen LogP contribution in [-0.4, -0.2) is 19.9 Å². The highest BCUT2D eigenvalue weighted by Crippen LogP contribution is 2.42. The van der Waals surface area contributed by atoms with E-state index in [0.717, 1.165) is 21.8 Å². The number of hydrogen-bond donors (Lipinski definition) is 2. The van der Waals surface area contributed by atoms with Gasteiger partial charge < -0.3 is 9.97 Å². The van der Waals surface area contributed by atoms with Gasteiger partial charge >= 0.3 is 0 Å². The smallest absolute Gasteiger partial charge is 0.270 e. The van der Waals surface area contributed by atoms with E-state index in [1.54, 1.807) is 24.5 Å². The summed E-state index contributed by atoms with van der Waals surface area (Å²) in [4.78, 5) is 22.4. The second-order valence-corrected chi connectivity index (χ2v) is 8.46. The van der Waals surface area contributed by atoms with Gasteiger partial charge in [-0.15, -0.1) is 0 Å². The molecule has 0 unspecified atom stereocenters. The van der Waals surface area contributed by atoms with Gasteiger partial charge in [-0.3, -0.25) is 10.1 Å². The lowest BCUT2D eigenvalue weighted by Gasteiger charge is -2.15. The Bertz CT molecular complexity index is 1840. The Morgan fingerprint density at radius 3 is 1.81 bits per heavy atom. The van der Waals surface area contributed by atoms with E-state index in [1.165, 1.54) is 12.1 Å². The topological polar surface area (TPSA) is 135 Å². The van der Waals surface area contributed by atoms with E-state index in [0.29, 0.717) is 33.6 Å². The lowest BCUT2D eigenvalue weighted by Crippen LogP contribution is -2.02. The van der Waals surface area contributed by atoms with Crippen molar-refractivity contribution in [1.82, 2.24) is 15.0 Å². The van der Waals surface area contributed by atoms with Gasteiger partial charge in [-0.05, 0) is 17.7 Å². The van der Waals surface area contributed by atoms with Crippen molar-refractivity contribution >= 4 is 27.5 Å². The lowest BCUT2D eigenvalue weighted by atomic mass is 9.89. The van der Waals surface area contributed by atoms with Gasteiger partial charge in [0.15, 0.2) is 0 Å². The zero-order valence-corrected chi connectivity index (χ0v) is 19.2. The van der Waals surface area contributed by atoms with Crippen molar-refractivity contribution in [3.8, 4) is 45.8 Å². The second kappa shape index (κ2) is 8.49. The summed E-state index contributed by atoms with van der Waals surface area (Å²) in [7, 11) is 0. The number of non-ortho nitro benzene ring substituents is 1. The van der Waals surface area contributed by atoms with Crippen LogP contribution in [0.4, 0.5) is 5.69 Å². The van der Waals surface area contributed by atoms with Gasteiger partial charge in [-0.1, -0.05) is 48.5 Å². The molecule has 0 aliphatic carbocycles. The highest BCUT2D eigenvalue weighted by atomic mass is 16.6. The average Bonchev–Trinajstić information content (AvgIpc) is 3.56. The van der Waals surface area contributed by atoms with Crippen molar-refractivity contribution in [1.29, 1.82) is 10.5 Å². The maximum absolute atomic E-state index is 11.5. The van der Waals surface area contributed by atoms with Gasteiger partial charge in [0.2, 0.25) is 0 Å². The van der Waals surface area contributed by atoms with E-state index >= 15 is 0 Å². The third-order valence-electron chi connectivity index (χ3n) is 6.46. The molecule has 0 aliphatic heterocycles. The maximum Gasteiger partial charge on any atom is 0.270 e. The maximum atomic E-state index is 11.5. The molecule has 6 rings (SSSR count). The number of nitro benzene ring substituents is 1. The standard InChI is InChI=1S/C29H16N6O2/c30-13-21-27(17-6-5-7-18(12-17)35(36)37)22(14-31)29(24-16-33-26-11-4-2-9-20(24)26)34-28(21)23-15-32-25-10-3-1-8-19(23)25/h1-12,15-16,32-33H. The molecule has 0 aliphatic rings. The van der Waals surface area contributed by atoms with Gasteiger partial charge in [0.05, 0.1) is 27.4 Å². The van der Waals surface area contributed by atoms with Crippen molar-refractivity contribution in [2.75, 3.05) is 0 Å². The average molecular weight is 480 g/mol. The Morgan fingerprint density at radius 2 is 1.30 bits per heavy atom. The van der Waals surface area contributed by atoms with Gasteiger partial charge in [0.25, 0.3) is 5.69 Å². The second-order valence-electron chi connectivity index (χ2n) is 8.46. The summed E-state index contributed by atoms with van der Waals surface area (Å²) in [5.74, 6) is 0. The molecule has 0 atom stereocenters. The Hall–Kier alpha value is -5.73. The minimum absolute atomic E-state index is 0.135. The molecule has 3 aromatic heterocycles. The van der Waals surface area contributed by atoms with Crippen LogP contribution in [0, 0.1) is 32.8 Å². The molecule has 0 spiro atoms. The van der Waals surface area contributed by atoms with Crippen LogP contribution in [0.3, 0.4) is 0 Å². The summed E-state index contributed by atoms with van der Waals surface area (Å²) in [5.41, 5.74) is 4.84. The number of nitro groups is 1. The number of nitriles is 2. The van der Waals surface area contributed by atoms with Gasteiger partial charge in [-0.25, -0.2) is 4.98 Å². The molecule has 3 heterocycles. The summed E-state index contributed by atoms with van der Waals surface area (Å²) in [6, 6.07) is 25.8. The zero-order chi connectivity index (χ0) is 25.5. The van der Waals surface area contributed by atoms with Crippen LogP contribution < -0.4 is 0 Å². The highest BCUT2D eigenvalue weighted by Gasteiger charge is 2.26. The number of para-hydroxylation sites is 2. The Balaban J connectivity index is 1.77. The molecule has 6 aromatic rings. The minimum atomic E-state index is -0.496. The van der Waals surface area contributed by atoms with Crippen molar-refractivity contribution in [2.45, 2.75) is 0 Å². The molecular weight excluding hydrogens is 464 g/mol. The van der Waals surface area contributed by atoms with E-state index < -0.39 is 4.92 Å². The fourth-order valence-corrected chi connectivity index (χ4v) is 4.79. The molecule has 0 saturated heterocycles. The van der Waals surface area contributed by atoms with E-state index in [9.17, 15) is 20.6 Å². The van der Waals surface area contributed by atoms with Gasteiger partial charge in [0.1, 0.15) is 12.1 Å². The fraction of sp³-hybridized carbons (Fsp3) is 0. The number of aromatic amines is 2. The molecule has 0 saturated carbocycles. The summed E-state index contributed by atoms with van der Waals surface area (Å²) in [6.45, 7) is 0. The van der Waals surface area contributed by atoms with Crippen LogP contribution in [-0.2, 0) is 0 Å². The summed E-state index contributed by atoms with van der Waals surface area (Å²) >= 11 is 0. The molecular formula is C29H16N6O2. The third-order valence-corrected chi connectivity index (χ3v) is 6.46. The van der Waals surface area contributed by atoms with E-state index in [4.69, 9.17) is 4.98 Å². The van der Waals surface area contributed by atoms with Crippen LogP contribution in [0.5, 0.6) is 0 Å². The van der Waals surface area contributed by atoms with Crippen molar-refractivity contribution in [3.63, 3.8) is 0 Å². The normalized spacial score (nSPS) is 10.9. The number of fused-ring (bicyclic) bond motifs is 2. The predicted molar refractivity (Wildman–Crippen MR) is 140 cm³/mol. The van der Waals surface area contributed by atoms with Crippen LogP contribution in [0.1, 0.15) is 11.1 Å². The number of nitrogens with zero attached hydrogens (tertiary/aromatic N) is 4. The van der Waals surface area contributed by atoms with Crippen LogP contribution in [0.2, 0.25) is 0 Å². The number of benzene rings is 3. The van der Waals surface area contributed by atoms with E-state index in [-0.39, 0.29) is 16.8 Å². The first-order chi connectivity index (χ1) is 18.1. The van der Waals surface area contributed by atoms with Crippen molar-refractivity contribution < 1.29 is 4.92 Å². The molecule has 3 aromatic carbocycles. The number of pyridine rings is 1. The van der Waals surface area contributed by atoms with Crippen LogP contribution in [0.15, 0.2) is 85.2 Å². The quantitative estimate of drug-likeness (QED) is 0.214. The van der Waals surface area contributed by atoms with Crippen molar-refractivity contribution in [2.24, 2.45) is 0 Å². The number of hydrogen-bond acceptors (Lipinski definition) is 5. The minimum Gasteiger partial charge on any atom is -0.360 e. The molecule has 0 fully saturated rings. The number of H-pyrrole nitrogens is 2. The molecule has 8 nitrogen and oxygen atoms in total. The molecule has 37 heavy (non-hydrogen) atoms. The largest absolute Gasteiger partial charge is 0.360 e. The lowest BCUT2D eigenvalue weighted by molar-refractivity contribution is -0.384. The molecule has 0 bridgehead atoms. The molecule has 174 valence electrons. The third kappa shape index (κ3) is 3.41. The number of rotatable bonds is 4. The molecule has 0 radical (unpaired) electrons. The Kier molecular flexibility index (Phi) is 5.00.